The van der Waals surface area contributed by atoms with Gasteiger partial charge in [-0.2, -0.15) is 0 Å². The third-order valence-electron chi connectivity index (χ3n) is 14.0. The molecular weight excluding hydrogens is 841 g/mol. The van der Waals surface area contributed by atoms with Gasteiger partial charge in [0.1, 0.15) is 13.2 Å². The second kappa shape index (κ2) is 57.7. The normalized spacial score (nSPS) is 12.0. The van der Waals surface area contributed by atoms with Crippen LogP contribution in [0.5, 0.6) is 0 Å². The van der Waals surface area contributed by atoms with E-state index in [1.165, 1.54) is 244 Å². The Bertz CT molecular complexity index is 1060. The Morgan fingerprint density at radius 1 is 0.279 bits per heavy atom. The predicted molar refractivity (Wildman–Crippen MR) is 293 cm³/mol. The van der Waals surface area contributed by atoms with Gasteiger partial charge in [-0.15, -0.1) is 0 Å². The number of ether oxygens (including phenoxy) is 3. The zero-order valence-electron chi connectivity index (χ0n) is 46.2. The molecule has 0 aromatic heterocycles. The fourth-order valence-corrected chi connectivity index (χ4v) is 9.38. The highest BCUT2D eigenvalue weighted by Gasteiger charge is 2.19. The van der Waals surface area contributed by atoms with Crippen LogP contribution in [0.15, 0.2) is 12.2 Å². The van der Waals surface area contributed by atoms with Gasteiger partial charge in [0.25, 0.3) is 0 Å². The average molecular weight is 960 g/mol. The van der Waals surface area contributed by atoms with Crippen LogP contribution in [-0.2, 0) is 28.6 Å². The van der Waals surface area contributed by atoms with E-state index < -0.39 is 6.10 Å². The summed E-state index contributed by atoms with van der Waals surface area (Å²) in [5, 5.41) is 0. The predicted octanol–water partition coefficient (Wildman–Crippen LogP) is 20.5. The van der Waals surface area contributed by atoms with Crippen molar-refractivity contribution in [1.82, 2.24) is 0 Å². The molecule has 1 atom stereocenters. The lowest BCUT2D eigenvalue weighted by Gasteiger charge is -2.18. The van der Waals surface area contributed by atoms with Crippen LogP contribution in [0.4, 0.5) is 0 Å². The first-order valence-corrected chi connectivity index (χ1v) is 30.7. The van der Waals surface area contributed by atoms with E-state index in [1.807, 2.05) is 0 Å². The van der Waals surface area contributed by atoms with Gasteiger partial charge >= 0.3 is 17.9 Å². The van der Waals surface area contributed by atoms with E-state index in [1.54, 1.807) is 0 Å². The summed E-state index contributed by atoms with van der Waals surface area (Å²) in [6.45, 7) is 6.65. The van der Waals surface area contributed by atoms with Crippen LogP contribution < -0.4 is 0 Å². The lowest BCUT2D eigenvalue weighted by atomic mass is 10.0. The first-order chi connectivity index (χ1) is 33.5. The minimum atomic E-state index is -0.768. The second-order valence-electron chi connectivity index (χ2n) is 21.0. The van der Waals surface area contributed by atoms with Crippen molar-refractivity contribution in [2.75, 3.05) is 13.2 Å². The van der Waals surface area contributed by atoms with Crippen molar-refractivity contribution in [2.45, 2.75) is 354 Å². The molecule has 0 aromatic carbocycles. The lowest BCUT2D eigenvalue weighted by Crippen LogP contribution is -2.30. The molecule has 6 nitrogen and oxygen atoms in total. The van der Waals surface area contributed by atoms with Gasteiger partial charge in [0.05, 0.1) is 0 Å². The topological polar surface area (TPSA) is 78.9 Å². The molecule has 0 fully saturated rings. The molecule has 1 unspecified atom stereocenters. The summed E-state index contributed by atoms with van der Waals surface area (Å²) in [6.07, 6.45) is 66.7. The zero-order valence-corrected chi connectivity index (χ0v) is 46.2. The monoisotopic (exact) mass is 959 g/mol. The second-order valence-corrected chi connectivity index (χ2v) is 21.0. The van der Waals surface area contributed by atoms with E-state index in [4.69, 9.17) is 14.2 Å². The molecule has 68 heavy (non-hydrogen) atoms. The molecule has 402 valence electrons. The molecule has 0 bridgehead atoms. The highest BCUT2D eigenvalue weighted by Crippen LogP contribution is 2.18. The number of allylic oxidation sites excluding steroid dienone is 2. The van der Waals surface area contributed by atoms with Crippen molar-refractivity contribution in [2.24, 2.45) is 0 Å². The van der Waals surface area contributed by atoms with E-state index in [0.29, 0.717) is 19.3 Å². The maximum Gasteiger partial charge on any atom is 0.306 e. The molecule has 0 aromatic rings. The van der Waals surface area contributed by atoms with Crippen molar-refractivity contribution >= 4 is 17.9 Å². The quantitative estimate of drug-likeness (QED) is 0.0262. The van der Waals surface area contributed by atoms with Gasteiger partial charge in [-0.05, 0) is 44.9 Å². The van der Waals surface area contributed by atoms with E-state index in [9.17, 15) is 14.4 Å². The van der Waals surface area contributed by atoms with E-state index in [-0.39, 0.29) is 31.1 Å². The summed E-state index contributed by atoms with van der Waals surface area (Å²) >= 11 is 0. The molecule has 0 saturated heterocycles. The SMILES string of the molecule is CCCCCC/C=C\CCCCCCCC(=O)OC(COC(=O)CCCCCCCCCCC)COC(=O)CCCCCCCCCCCCCCCCCCCCCCCCCCCCCC. The maximum atomic E-state index is 12.8. The van der Waals surface area contributed by atoms with Gasteiger partial charge in [-0.25, -0.2) is 0 Å². The Morgan fingerprint density at radius 2 is 0.485 bits per heavy atom. The van der Waals surface area contributed by atoms with Crippen LogP contribution in [0.25, 0.3) is 0 Å². The van der Waals surface area contributed by atoms with Crippen LogP contribution in [0, 0.1) is 0 Å². The Balaban J connectivity index is 4.04. The number of carbonyl (C=O) groups excluding carboxylic acids is 3. The number of hydrogen-bond acceptors (Lipinski definition) is 6. The molecule has 6 heteroatoms. The molecule has 0 N–H and O–H groups in total. The average Bonchev–Trinajstić information content (AvgIpc) is 3.34. The van der Waals surface area contributed by atoms with E-state index >= 15 is 0 Å². The van der Waals surface area contributed by atoms with Crippen molar-refractivity contribution in [3.8, 4) is 0 Å². The molecule has 0 rings (SSSR count). The van der Waals surface area contributed by atoms with E-state index in [0.717, 1.165) is 64.2 Å². The van der Waals surface area contributed by atoms with Crippen molar-refractivity contribution in [3.63, 3.8) is 0 Å². The van der Waals surface area contributed by atoms with Crippen LogP contribution >= 0.6 is 0 Å². The van der Waals surface area contributed by atoms with Crippen molar-refractivity contribution in [1.29, 1.82) is 0 Å². The summed E-state index contributed by atoms with van der Waals surface area (Å²) in [5.74, 6) is -0.858. The summed E-state index contributed by atoms with van der Waals surface area (Å²) in [6, 6.07) is 0. The number of hydrogen-bond donors (Lipinski definition) is 0. The molecule has 0 radical (unpaired) electrons. The fourth-order valence-electron chi connectivity index (χ4n) is 9.38. The molecule has 0 saturated carbocycles. The zero-order chi connectivity index (χ0) is 49.3. The van der Waals surface area contributed by atoms with Gasteiger partial charge < -0.3 is 14.2 Å². The van der Waals surface area contributed by atoms with E-state index in [2.05, 4.69) is 32.9 Å². The van der Waals surface area contributed by atoms with Gasteiger partial charge in [0, 0.05) is 19.3 Å². The highest BCUT2D eigenvalue weighted by atomic mass is 16.6. The Labute approximate surface area is 424 Å². The third kappa shape index (κ3) is 55.1. The minimum absolute atomic E-state index is 0.0679. The van der Waals surface area contributed by atoms with Crippen LogP contribution in [0.2, 0.25) is 0 Å². The van der Waals surface area contributed by atoms with Gasteiger partial charge in [-0.3, -0.25) is 14.4 Å². The summed E-state index contributed by atoms with van der Waals surface area (Å²) in [5.41, 5.74) is 0. The maximum absolute atomic E-state index is 12.8. The molecule has 0 aliphatic carbocycles. The summed E-state index contributed by atoms with van der Waals surface area (Å²) in [7, 11) is 0. The lowest BCUT2D eigenvalue weighted by molar-refractivity contribution is -0.167. The minimum Gasteiger partial charge on any atom is -0.462 e. The largest absolute Gasteiger partial charge is 0.462 e. The Morgan fingerprint density at radius 3 is 0.750 bits per heavy atom. The van der Waals surface area contributed by atoms with Gasteiger partial charge in [0.15, 0.2) is 6.10 Å². The number of unbranched alkanes of at least 4 members (excludes halogenated alkanes) is 44. The first kappa shape index (κ1) is 66.2. The third-order valence-corrected chi connectivity index (χ3v) is 14.0. The first-order valence-electron chi connectivity index (χ1n) is 30.7. The molecule has 0 spiro atoms. The molecule has 0 aliphatic heterocycles. The standard InChI is InChI=1S/C62H118O6/c1-4-7-10-13-16-19-21-23-24-25-26-27-28-29-30-31-32-33-34-35-36-37-39-40-43-46-49-52-55-61(64)67-58-59(57-66-60(63)54-51-48-45-42-18-15-12-9-6-3)68-62(65)56-53-50-47-44-41-38-22-20-17-14-11-8-5-2/h20,22,59H,4-19,21,23-58H2,1-3H3/b22-20-. The van der Waals surface area contributed by atoms with Crippen LogP contribution in [-0.4, -0.2) is 37.2 Å². The smallest absolute Gasteiger partial charge is 0.306 e. The van der Waals surface area contributed by atoms with Gasteiger partial charge in [0.2, 0.25) is 0 Å². The number of rotatable bonds is 57. The fraction of sp³-hybridized carbons (Fsp3) is 0.919. The molecule has 0 amide bonds. The van der Waals surface area contributed by atoms with Crippen LogP contribution in [0.3, 0.4) is 0 Å². The Hall–Kier alpha value is -1.85. The number of esters is 3. The number of carbonyl (C=O) groups is 3. The summed E-state index contributed by atoms with van der Waals surface area (Å²) < 4.78 is 16.8. The van der Waals surface area contributed by atoms with Crippen molar-refractivity contribution in [3.05, 3.63) is 12.2 Å². The molecule has 0 heterocycles. The molecule has 0 aliphatic rings. The van der Waals surface area contributed by atoms with Gasteiger partial charge in [-0.1, -0.05) is 296 Å². The summed E-state index contributed by atoms with van der Waals surface area (Å²) in [4.78, 5) is 38.0. The highest BCUT2D eigenvalue weighted by molar-refractivity contribution is 5.71. The van der Waals surface area contributed by atoms with Crippen molar-refractivity contribution < 1.29 is 28.6 Å². The molecular formula is C62H118O6. The Kier molecular flexibility index (Phi) is 56.2. The van der Waals surface area contributed by atoms with Crippen LogP contribution in [0.1, 0.15) is 348 Å².